The summed E-state index contributed by atoms with van der Waals surface area (Å²) in [5.41, 5.74) is 6.15. The van der Waals surface area contributed by atoms with Crippen molar-refractivity contribution in [3.05, 3.63) is 0 Å². The van der Waals surface area contributed by atoms with Crippen molar-refractivity contribution < 1.29 is 9.84 Å². The van der Waals surface area contributed by atoms with E-state index in [1.54, 1.807) is 0 Å². The Kier molecular flexibility index (Phi) is 4.83. The molecule has 2 saturated carbocycles. The number of aliphatic hydroxyl groups is 1. The number of ether oxygens (including phenoxy) is 1. The van der Waals surface area contributed by atoms with Crippen LogP contribution in [-0.4, -0.2) is 23.5 Å². The molecule has 0 aromatic carbocycles. The van der Waals surface area contributed by atoms with E-state index in [0.29, 0.717) is 12.0 Å². The molecule has 2 aliphatic carbocycles. The smallest absolute Gasteiger partial charge is 0.111 e. The minimum atomic E-state index is -0.268. The van der Waals surface area contributed by atoms with Crippen molar-refractivity contribution in [3.63, 3.8) is 0 Å². The number of rotatable bonds is 3. The predicted octanol–water partition coefficient (Wildman–Crippen LogP) is 2.42. The van der Waals surface area contributed by atoms with Crippen LogP contribution in [-0.2, 0) is 4.74 Å². The van der Waals surface area contributed by atoms with Gasteiger partial charge in [0.1, 0.15) is 6.23 Å². The highest BCUT2D eigenvalue weighted by molar-refractivity contribution is 4.81. The van der Waals surface area contributed by atoms with Gasteiger partial charge in [-0.05, 0) is 31.6 Å². The summed E-state index contributed by atoms with van der Waals surface area (Å²) in [6, 6.07) is 0. The first kappa shape index (κ1) is 13.3. The van der Waals surface area contributed by atoms with Gasteiger partial charge in [-0.3, -0.25) is 0 Å². The highest BCUT2D eigenvalue weighted by Gasteiger charge is 2.32. The summed E-state index contributed by atoms with van der Waals surface area (Å²) in [5.74, 6) is 0.772. The molecule has 0 amide bonds. The first-order chi connectivity index (χ1) is 8.18. The summed E-state index contributed by atoms with van der Waals surface area (Å²) in [6.07, 6.45) is 8.98. The van der Waals surface area contributed by atoms with E-state index in [-0.39, 0.29) is 18.2 Å². The SMILES string of the molecule is CC1CCCCC1OC(N)C1CCCCC1O. The summed E-state index contributed by atoms with van der Waals surface area (Å²) in [7, 11) is 0. The molecular formula is C14H27NO2. The van der Waals surface area contributed by atoms with Crippen LogP contribution in [0.15, 0.2) is 0 Å². The Morgan fingerprint density at radius 3 is 2.41 bits per heavy atom. The van der Waals surface area contributed by atoms with Crippen LogP contribution >= 0.6 is 0 Å². The lowest BCUT2D eigenvalue weighted by Gasteiger charge is -2.37. The maximum Gasteiger partial charge on any atom is 0.111 e. The molecule has 0 aromatic heterocycles. The molecular weight excluding hydrogens is 214 g/mol. The Hall–Kier alpha value is -0.120. The van der Waals surface area contributed by atoms with Gasteiger partial charge in [0.05, 0.1) is 12.2 Å². The lowest BCUT2D eigenvalue weighted by molar-refractivity contribution is -0.107. The minimum Gasteiger partial charge on any atom is -0.393 e. The van der Waals surface area contributed by atoms with E-state index in [0.717, 1.165) is 25.7 Å². The monoisotopic (exact) mass is 241 g/mol. The minimum absolute atomic E-state index is 0.151. The molecule has 0 aromatic rings. The van der Waals surface area contributed by atoms with Crippen LogP contribution in [0, 0.1) is 11.8 Å². The Balaban J connectivity index is 1.84. The third-order valence-electron chi connectivity index (χ3n) is 4.57. The maximum absolute atomic E-state index is 9.97. The molecule has 2 rings (SSSR count). The molecule has 2 fully saturated rings. The van der Waals surface area contributed by atoms with Crippen molar-refractivity contribution in [1.29, 1.82) is 0 Å². The first-order valence-corrected chi connectivity index (χ1v) is 7.27. The third-order valence-corrected chi connectivity index (χ3v) is 4.57. The number of hydrogen-bond donors (Lipinski definition) is 2. The van der Waals surface area contributed by atoms with Crippen LogP contribution in [0.3, 0.4) is 0 Å². The van der Waals surface area contributed by atoms with E-state index in [1.165, 1.54) is 25.7 Å². The van der Waals surface area contributed by atoms with Gasteiger partial charge in [0.15, 0.2) is 0 Å². The summed E-state index contributed by atoms with van der Waals surface area (Å²) >= 11 is 0. The lowest BCUT2D eigenvalue weighted by Crippen LogP contribution is -2.45. The second kappa shape index (κ2) is 6.17. The molecule has 2 aliphatic rings. The van der Waals surface area contributed by atoms with Crippen molar-refractivity contribution in [2.45, 2.75) is 76.7 Å². The summed E-state index contributed by atoms with van der Waals surface area (Å²) in [6.45, 7) is 2.26. The highest BCUT2D eigenvalue weighted by Crippen LogP contribution is 2.31. The fourth-order valence-electron chi connectivity index (χ4n) is 3.31. The van der Waals surface area contributed by atoms with Gasteiger partial charge >= 0.3 is 0 Å². The topological polar surface area (TPSA) is 55.5 Å². The summed E-state index contributed by atoms with van der Waals surface area (Å²) < 4.78 is 6.03. The van der Waals surface area contributed by atoms with E-state index >= 15 is 0 Å². The molecule has 100 valence electrons. The molecule has 0 radical (unpaired) electrons. The summed E-state index contributed by atoms with van der Waals surface area (Å²) in [4.78, 5) is 0. The molecule has 5 atom stereocenters. The Morgan fingerprint density at radius 1 is 1.06 bits per heavy atom. The van der Waals surface area contributed by atoms with Crippen molar-refractivity contribution in [2.24, 2.45) is 17.6 Å². The second-order valence-electron chi connectivity index (χ2n) is 5.92. The van der Waals surface area contributed by atoms with Gasteiger partial charge in [0, 0.05) is 5.92 Å². The zero-order chi connectivity index (χ0) is 12.3. The molecule has 3 heteroatoms. The van der Waals surface area contributed by atoms with Gasteiger partial charge in [0.25, 0.3) is 0 Å². The molecule has 0 spiro atoms. The molecule has 5 unspecified atom stereocenters. The van der Waals surface area contributed by atoms with Gasteiger partial charge < -0.3 is 15.6 Å². The van der Waals surface area contributed by atoms with Crippen molar-refractivity contribution in [1.82, 2.24) is 0 Å². The van der Waals surface area contributed by atoms with Crippen molar-refractivity contribution in [2.75, 3.05) is 0 Å². The average Bonchev–Trinajstić information content (AvgIpc) is 2.32. The van der Waals surface area contributed by atoms with Crippen LogP contribution in [0.5, 0.6) is 0 Å². The third kappa shape index (κ3) is 3.43. The molecule has 0 heterocycles. The van der Waals surface area contributed by atoms with Crippen LogP contribution in [0.2, 0.25) is 0 Å². The fraction of sp³-hybridized carbons (Fsp3) is 1.00. The normalized spacial score (nSPS) is 41.1. The van der Waals surface area contributed by atoms with Crippen molar-refractivity contribution in [3.8, 4) is 0 Å². The quantitative estimate of drug-likeness (QED) is 0.746. The molecule has 17 heavy (non-hydrogen) atoms. The van der Waals surface area contributed by atoms with Crippen LogP contribution in [0.4, 0.5) is 0 Å². The van der Waals surface area contributed by atoms with Crippen LogP contribution < -0.4 is 5.73 Å². The Morgan fingerprint density at radius 2 is 1.71 bits per heavy atom. The Labute approximate surface area is 105 Å². The Bertz CT molecular complexity index is 234. The van der Waals surface area contributed by atoms with Gasteiger partial charge in [-0.1, -0.05) is 32.6 Å². The van der Waals surface area contributed by atoms with Gasteiger partial charge in [-0.2, -0.15) is 0 Å². The van der Waals surface area contributed by atoms with E-state index in [9.17, 15) is 5.11 Å². The van der Waals surface area contributed by atoms with Gasteiger partial charge in [-0.15, -0.1) is 0 Å². The van der Waals surface area contributed by atoms with Gasteiger partial charge in [0.2, 0.25) is 0 Å². The zero-order valence-electron chi connectivity index (χ0n) is 11.0. The lowest BCUT2D eigenvalue weighted by atomic mass is 9.84. The molecule has 3 N–H and O–H groups in total. The van der Waals surface area contributed by atoms with E-state index in [4.69, 9.17) is 10.5 Å². The van der Waals surface area contributed by atoms with E-state index < -0.39 is 0 Å². The van der Waals surface area contributed by atoms with E-state index in [1.807, 2.05) is 0 Å². The predicted molar refractivity (Wildman–Crippen MR) is 68.4 cm³/mol. The second-order valence-corrected chi connectivity index (χ2v) is 5.92. The average molecular weight is 241 g/mol. The molecule has 0 saturated heterocycles. The number of hydrogen-bond acceptors (Lipinski definition) is 3. The molecule has 0 bridgehead atoms. The molecule has 0 aliphatic heterocycles. The van der Waals surface area contributed by atoms with Crippen molar-refractivity contribution >= 4 is 0 Å². The molecule has 3 nitrogen and oxygen atoms in total. The number of nitrogens with two attached hydrogens (primary N) is 1. The maximum atomic E-state index is 9.97. The standard InChI is InChI=1S/C14H27NO2/c1-10-6-2-5-9-13(10)17-14(15)11-7-3-4-8-12(11)16/h10-14,16H,2-9,15H2,1H3. The zero-order valence-corrected chi connectivity index (χ0v) is 11.0. The van der Waals surface area contributed by atoms with Crippen LogP contribution in [0.25, 0.3) is 0 Å². The fourth-order valence-corrected chi connectivity index (χ4v) is 3.31. The first-order valence-electron chi connectivity index (χ1n) is 7.27. The largest absolute Gasteiger partial charge is 0.393 e. The summed E-state index contributed by atoms with van der Waals surface area (Å²) in [5, 5.41) is 9.97. The number of aliphatic hydroxyl groups excluding tert-OH is 1. The van der Waals surface area contributed by atoms with E-state index in [2.05, 4.69) is 6.92 Å². The van der Waals surface area contributed by atoms with Crippen LogP contribution in [0.1, 0.15) is 58.3 Å². The van der Waals surface area contributed by atoms with Gasteiger partial charge in [-0.25, -0.2) is 0 Å². The highest BCUT2D eigenvalue weighted by atomic mass is 16.5.